The summed E-state index contributed by atoms with van der Waals surface area (Å²) in [7, 11) is 2.03. The van der Waals surface area contributed by atoms with Crippen molar-refractivity contribution in [3.63, 3.8) is 0 Å². The fourth-order valence-corrected chi connectivity index (χ4v) is 4.14. The minimum atomic E-state index is 0.679. The largest absolute Gasteiger partial charge is 0.305 e. The Hall–Kier alpha value is -3.00. The van der Waals surface area contributed by atoms with E-state index < -0.39 is 0 Å². The van der Waals surface area contributed by atoms with Crippen LogP contribution in [0.5, 0.6) is 0 Å². The van der Waals surface area contributed by atoms with Gasteiger partial charge in [-0.3, -0.25) is 0 Å². The highest BCUT2D eigenvalue weighted by Gasteiger charge is 2.12. The molecule has 0 radical (unpaired) electrons. The van der Waals surface area contributed by atoms with Crippen LogP contribution in [0.2, 0.25) is 0 Å². The topological polar surface area (TPSA) is 74.3 Å². The van der Waals surface area contributed by atoms with Gasteiger partial charge in [-0.05, 0) is 30.5 Å². The van der Waals surface area contributed by atoms with E-state index in [0.29, 0.717) is 5.82 Å². The predicted molar refractivity (Wildman–Crippen MR) is 119 cm³/mol. The van der Waals surface area contributed by atoms with Crippen molar-refractivity contribution < 1.29 is 0 Å². The first kappa shape index (κ1) is 20.3. The van der Waals surface area contributed by atoms with E-state index in [0.717, 1.165) is 53.7 Å². The highest BCUT2D eigenvalue weighted by molar-refractivity contribution is 7.99. The van der Waals surface area contributed by atoms with E-state index in [4.69, 9.17) is 0 Å². The van der Waals surface area contributed by atoms with Gasteiger partial charge >= 0.3 is 0 Å². The van der Waals surface area contributed by atoms with Crippen molar-refractivity contribution in [3.05, 3.63) is 60.2 Å². The minimum absolute atomic E-state index is 0.679. The molecule has 4 rings (SSSR count). The first-order valence-corrected chi connectivity index (χ1v) is 11.1. The number of benzene rings is 2. The number of nitrogens with zero attached hydrogens (tertiary/aromatic N) is 7. The lowest BCUT2D eigenvalue weighted by Gasteiger charge is -2.06. The summed E-state index contributed by atoms with van der Waals surface area (Å²) >= 11 is 1.75. The Morgan fingerprint density at radius 2 is 1.67 bits per heavy atom. The van der Waals surface area contributed by atoms with Gasteiger partial charge in [0, 0.05) is 23.9 Å². The molecule has 0 spiro atoms. The minimum Gasteiger partial charge on any atom is -0.305 e. The third-order valence-electron chi connectivity index (χ3n) is 4.94. The standard InChI is InChI=1S/C22H25N7S/c1-17-11-7-8-14-19(17)21-24-25-22(28(21)2)30-16-10-4-9-15-29-26-20(23-27-29)18-12-5-3-6-13-18/h3,5-8,11-14H,4,9-10,15-16H2,1-2H3. The molecular formula is C22H25N7S. The molecule has 0 N–H and O–H groups in total. The summed E-state index contributed by atoms with van der Waals surface area (Å²) in [4.78, 5) is 1.69. The van der Waals surface area contributed by atoms with Crippen LogP contribution in [0.4, 0.5) is 0 Å². The molecule has 4 aromatic rings. The van der Waals surface area contributed by atoms with E-state index in [1.807, 2.05) is 49.5 Å². The van der Waals surface area contributed by atoms with Gasteiger partial charge in [-0.2, -0.15) is 4.80 Å². The molecule has 0 bridgehead atoms. The van der Waals surface area contributed by atoms with E-state index in [2.05, 4.69) is 49.2 Å². The smallest absolute Gasteiger partial charge is 0.204 e. The zero-order valence-corrected chi connectivity index (χ0v) is 18.1. The number of unbranched alkanes of at least 4 members (excludes halogenated alkanes) is 2. The molecule has 8 heteroatoms. The average Bonchev–Trinajstić information content (AvgIpc) is 3.39. The highest BCUT2D eigenvalue weighted by atomic mass is 32.2. The van der Waals surface area contributed by atoms with Crippen LogP contribution in [0.1, 0.15) is 24.8 Å². The van der Waals surface area contributed by atoms with E-state index in [9.17, 15) is 0 Å². The molecule has 7 nitrogen and oxygen atoms in total. The fourth-order valence-electron chi connectivity index (χ4n) is 3.24. The SMILES string of the molecule is Cc1ccccc1-c1nnc(SCCCCCn2nnc(-c3ccccc3)n2)n1C. The van der Waals surface area contributed by atoms with Crippen molar-refractivity contribution in [1.82, 2.24) is 35.0 Å². The second-order valence-electron chi connectivity index (χ2n) is 7.16. The van der Waals surface area contributed by atoms with Gasteiger partial charge in [0.25, 0.3) is 0 Å². The zero-order valence-electron chi connectivity index (χ0n) is 17.3. The second kappa shape index (κ2) is 9.67. The van der Waals surface area contributed by atoms with Crippen LogP contribution < -0.4 is 0 Å². The lowest BCUT2D eigenvalue weighted by molar-refractivity contribution is 0.487. The van der Waals surface area contributed by atoms with Gasteiger partial charge in [0.2, 0.25) is 5.82 Å². The third-order valence-corrected chi connectivity index (χ3v) is 6.05. The maximum Gasteiger partial charge on any atom is 0.204 e. The van der Waals surface area contributed by atoms with Crippen molar-refractivity contribution in [2.75, 3.05) is 5.75 Å². The summed E-state index contributed by atoms with van der Waals surface area (Å²) in [6.45, 7) is 2.88. The Morgan fingerprint density at radius 1 is 0.867 bits per heavy atom. The molecule has 0 atom stereocenters. The van der Waals surface area contributed by atoms with Crippen LogP contribution >= 0.6 is 11.8 Å². The van der Waals surface area contributed by atoms with Crippen molar-refractivity contribution in [2.24, 2.45) is 7.05 Å². The summed E-state index contributed by atoms with van der Waals surface area (Å²) < 4.78 is 2.08. The van der Waals surface area contributed by atoms with Gasteiger partial charge in [0.1, 0.15) is 0 Å². The summed E-state index contributed by atoms with van der Waals surface area (Å²) in [6.07, 6.45) is 3.24. The Balaban J connectivity index is 1.21. The quantitative estimate of drug-likeness (QED) is 0.296. The van der Waals surface area contributed by atoms with Crippen molar-refractivity contribution in [3.8, 4) is 22.8 Å². The number of rotatable bonds is 9. The average molecular weight is 420 g/mol. The number of aryl methyl sites for hydroxylation is 2. The Kier molecular flexibility index (Phi) is 6.53. The van der Waals surface area contributed by atoms with Crippen LogP contribution in [0.15, 0.2) is 59.8 Å². The Labute approximate surface area is 180 Å². The molecule has 0 saturated heterocycles. The molecule has 30 heavy (non-hydrogen) atoms. The van der Waals surface area contributed by atoms with Crippen LogP contribution in [0, 0.1) is 6.92 Å². The molecular weight excluding hydrogens is 394 g/mol. The molecule has 2 aromatic carbocycles. The Bertz CT molecular complexity index is 1090. The highest BCUT2D eigenvalue weighted by Crippen LogP contribution is 2.25. The molecule has 0 unspecified atom stereocenters. The molecule has 0 aliphatic carbocycles. The van der Waals surface area contributed by atoms with Crippen molar-refractivity contribution in [2.45, 2.75) is 37.9 Å². The summed E-state index contributed by atoms with van der Waals surface area (Å²) in [5.74, 6) is 2.61. The normalized spacial score (nSPS) is 11.1. The maximum absolute atomic E-state index is 4.46. The van der Waals surface area contributed by atoms with Crippen molar-refractivity contribution in [1.29, 1.82) is 0 Å². The zero-order chi connectivity index (χ0) is 20.8. The van der Waals surface area contributed by atoms with Crippen LogP contribution in [0.25, 0.3) is 22.8 Å². The molecule has 0 fully saturated rings. The van der Waals surface area contributed by atoms with Gasteiger partial charge in [-0.1, -0.05) is 72.8 Å². The van der Waals surface area contributed by atoms with Crippen LogP contribution in [-0.4, -0.2) is 40.7 Å². The molecule has 0 aliphatic heterocycles. The van der Waals surface area contributed by atoms with Gasteiger partial charge in [-0.15, -0.1) is 20.4 Å². The van der Waals surface area contributed by atoms with E-state index in [1.54, 1.807) is 16.6 Å². The number of aromatic nitrogens is 7. The molecule has 2 aromatic heterocycles. The van der Waals surface area contributed by atoms with E-state index in [1.165, 1.54) is 5.56 Å². The van der Waals surface area contributed by atoms with Gasteiger partial charge in [0.15, 0.2) is 11.0 Å². The Morgan fingerprint density at radius 3 is 2.50 bits per heavy atom. The van der Waals surface area contributed by atoms with Gasteiger partial charge < -0.3 is 4.57 Å². The number of tetrazole rings is 1. The molecule has 2 heterocycles. The lowest BCUT2D eigenvalue weighted by atomic mass is 10.1. The van der Waals surface area contributed by atoms with Gasteiger partial charge in [-0.25, -0.2) is 0 Å². The third kappa shape index (κ3) is 4.76. The van der Waals surface area contributed by atoms with Gasteiger partial charge in [0.05, 0.1) is 6.54 Å². The van der Waals surface area contributed by atoms with E-state index in [-0.39, 0.29) is 0 Å². The second-order valence-corrected chi connectivity index (χ2v) is 8.23. The van der Waals surface area contributed by atoms with Crippen molar-refractivity contribution >= 4 is 11.8 Å². The molecule has 154 valence electrons. The summed E-state index contributed by atoms with van der Waals surface area (Å²) in [6, 6.07) is 18.2. The summed E-state index contributed by atoms with van der Waals surface area (Å²) in [5.41, 5.74) is 3.34. The molecule has 0 aliphatic rings. The molecule has 0 amide bonds. The molecule has 0 saturated carbocycles. The number of hydrogen-bond acceptors (Lipinski definition) is 6. The first-order valence-electron chi connectivity index (χ1n) is 10.1. The summed E-state index contributed by atoms with van der Waals surface area (Å²) in [5, 5.41) is 22.5. The lowest BCUT2D eigenvalue weighted by Crippen LogP contribution is -2.03. The number of hydrogen-bond donors (Lipinski definition) is 0. The van der Waals surface area contributed by atoms with E-state index >= 15 is 0 Å². The number of thioether (sulfide) groups is 1. The van der Waals surface area contributed by atoms with Crippen LogP contribution in [0.3, 0.4) is 0 Å². The fraction of sp³-hybridized carbons (Fsp3) is 0.318. The van der Waals surface area contributed by atoms with Crippen LogP contribution in [-0.2, 0) is 13.6 Å². The predicted octanol–water partition coefficient (Wildman–Crippen LogP) is 4.41. The first-order chi connectivity index (χ1) is 14.7. The maximum atomic E-state index is 4.46. The monoisotopic (exact) mass is 419 g/mol.